The lowest BCUT2D eigenvalue weighted by Gasteiger charge is -2.40. The minimum atomic E-state index is 0.324. The monoisotopic (exact) mass is 256 g/mol. The number of hydrogen-bond acceptors (Lipinski definition) is 2. The van der Waals surface area contributed by atoms with Gasteiger partial charge in [-0.1, -0.05) is 26.7 Å². The molecule has 0 fully saturated rings. The predicted molar refractivity (Wildman–Crippen MR) is 83.2 cm³/mol. The summed E-state index contributed by atoms with van der Waals surface area (Å²) in [4.78, 5) is 5.02. The van der Waals surface area contributed by atoms with E-state index in [1.54, 1.807) is 0 Å². The lowest BCUT2D eigenvalue weighted by atomic mass is 9.95. The smallest absolute Gasteiger partial charge is 0.0150 e. The fourth-order valence-corrected chi connectivity index (χ4v) is 2.51. The molecule has 0 unspecified atom stereocenters. The SMILES string of the molecule is CCCC(C)(C)N(C)CCN(C)C(C)(C)CCC. The maximum Gasteiger partial charge on any atom is 0.0150 e. The molecule has 0 aromatic rings. The van der Waals surface area contributed by atoms with Gasteiger partial charge in [-0.3, -0.25) is 9.80 Å². The van der Waals surface area contributed by atoms with Crippen molar-refractivity contribution in [2.75, 3.05) is 27.2 Å². The van der Waals surface area contributed by atoms with E-state index in [-0.39, 0.29) is 0 Å². The van der Waals surface area contributed by atoms with Crippen LogP contribution in [0.25, 0.3) is 0 Å². The van der Waals surface area contributed by atoms with Crippen molar-refractivity contribution < 1.29 is 0 Å². The summed E-state index contributed by atoms with van der Waals surface area (Å²) in [5.41, 5.74) is 0.648. The molecule has 2 nitrogen and oxygen atoms in total. The number of nitrogens with zero attached hydrogens (tertiary/aromatic N) is 2. The molecule has 0 bridgehead atoms. The van der Waals surface area contributed by atoms with Crippen LogP contribution in [-0.2, 0) is 0 Å². The van der Waals surface area contributed by atoms with E-state index in [0.717, 1.165) is 13.1 Å². The van der Waals surface area contributed by atoms with Gasteiger partial charge in [0.2, 0.25) is 0 Å². The molecule has 0 aliphatic rings. The van der Waals surface area contributed by atoms with Gasteiger partial charge >= 0.3 is 0 Å². The fourth-order valence-electron chi connectivity index (χ4n) is 2.51. The molecule has 0 N–H and O–H groups in total. The van der Waals surface area contributed by atoms with Gasteiger partial charge in [0, 0.05) is 24.2 Å². The number of rotatable bonds is 9. The van der Waals surface area contributed by atoms with Crippen LogP contribution >= 0.6 is 0 Å². The van der Waals surface area contributed by atoms with Crippen molar-refractivity contribution in [3.63, 3.8) is 0 Å². The van der Waals surface area contributed by atoms with Crippen LogP contribution in [0.3, 0.4) is 0 Å². The quantitative estimate of drug-likeness (QED) is 0.615. The Balaban J connectivity index is 4.24. The summed E-state index contributed by atoms with van der Waals surface area (Å²) >= 11 is 0. The van der Waals surface area contributed by atoms with Crippen LogP contribution in [0.2, 0.25) is 0 Å². The summed E-state index contributed by atoms with van der Waals surface area (Å²) in [5.74, 6) is 0. The highest BCUT2D eigenvalue weighted by molar-refractivity contribution is 4.82. The molecule has 0 atom stereocenters. The van der Waals surface area contributed by atoms with Crippen LogP contribution < -0.4 is 0 Å². The number of hydrogen-bond donors (Lipinski definition) is 0. The summed E-state index contributed by atoms with van der Waals surface area (Å²) in [6.07, 6.45) is 5.06. The molecule has 0 amide bonds. The molecule has 0 spiro atoms. The van der Waals surface area contributed by atoms with Gasteiger partial charge in [-0.05, 0) is 54.6 Å². The lowest BCUT2D eigenvalue weighted by Crippen LogP contribution is -2.48. The van der Waals surface area contributed by atoms with E-state index >= 15 is 0 Å². The first-order chi connectivity index (χ1) is 8.17. The molecule has 0 saturated heterocycles. The molecule has 18 heavy (non-hydrogen) atoms. The van der Waals surface area contributed by atoms with Gasteiger partial charge in [-0.25, -0.2) is 0 Å². The van der Waals surface area contributed by atoms with Crippen LogP contribution in [0, 0.1) is 0 Å². The Kier molecular flexibility index (Phi) is 7.46. The van der Waals surface area contributed by atoms with Crippen molar-refractivity contribution in [1.82, 2.24) is 9.80 Å². The van der Waals surface area contributed by atoms with Crippen molar-refractivity contribution in [2.45, 2.75) is 78.3 Å². The first-order valence-electron chi connectivity index (χ1n) is 7.60. The van der Waals surface area contributed by atoms with E-state index < -0.39 is 0 Å². The average molecular weight is 256 g/mol. The molecule has 0 aromatic carbocycles. The van der Waals surface area contributed by atoms with Crippen LogP contribution in [-0.4, -0.2) is 48.1 Å². The normalized spacial score (nSPS) is 13.7. The third kappa shape index (κ3) is 5.71. The first kappa shape index (κ1) is 17.9. The lowest BCUT2D eigenvalue weighted by molar-refractivity contribution is 0.0899. The van der Waals surface area contributed by atoms with Crippen LogP contribution in [0.1, 0.15) is 67.2 Å². The predicted octanol–water partition coefficient (Wildman–Crippen LogP) is 4.01. The Labute approximate surface area is 116 Å². The zero-order chi connectivity index (χ0) is 14.4. The van der Waals surface area contributed by atoms with Crippen molar-refractivity contribution in [3.05, 3.63) is 0 Å². The second-order valence-corrected chi connectivity index (χ2v) is 6.97. The van der Waals surface area contributed by atoms with Crippen molar-refractivity contribution in [2.24, 2.45) is 0 Å². The van der Waals surface area contributed by atoms with E-state index in [0.29, 0.717) is 11.1 Å². The molecule has 0 aliphatic heterocycles. The van der Waals surface area contributed by atoms with E-state index in [1.807, 2.05) is 0 Å². The van der Waals surface area contributed by atoms with Gasteiger partial charge in [-0.2, -0.15) is 0 Å². The van der Waals surface area contributed by atoms with Gasteiger partial charge < -0.3 is 0 Å². The van der Waals surface area contributed by atoms with Crippen LogP contribution in [0.4, 0.5) is 0 Å². The molecular formula is C16H36N2. The highest BCUT2D eigenvalue weighted by atomic mass is 15.2. The molecule has 0 rings (SSSR count). The molecule has 0 radical (unpaired) electrons. The van der Waals surface area contributed by atoms with E-state index in [1.165, 1.54) is 25.7 Å². The summed E-state index contributed by atoms with van der Waals surface area (Å²) in [7, 11) is 4.52. The summed E-state index contributed by atoms with van der Waals surface area (Å²) in [6, 6.07) is 0. The van der Waals surface area contributed by atoms with Crippen LogP contribution in [0.15, 0.2) is 0 Å². The van der Waals surface area contributed by atoms with Crippen molar-refractivity contribution >= 4 is 0 Å². The summed E-state index contributed by atoms with van der Waals surface area (Å²) in [6.45, 7) is 16.3. The standard InChI is InChI=1S/C16H36N2/c1-9-11-15(3,4)17(7)13-14-18(8)16(5,6)12-10-2/h9-14H2,1-8H3. The second kappa shape index (κ2) is 7.49. The van der Waals surface area contributed by atoms with Crippen LogP contribution in [0.5, 0.6) is 0 Å². The highest BCUT2D eigenvalue weighted by Gasteiger charge is 2.25. The van der Waals surface area contributed by atoms with Gasteiger partial charge in [0.1, 0.15) is 0 Å². The Morgan fingerprint density at radius 1 is 0.667 bits per heavy atom. The number of likely N-dealkylation sites (N-methyl/N-ethyl adjacent to an activating group) is 2. The fraction of sp³-hybridized carbons (Fsp3) is 1.00. The van der Waals surface area contributed by atoms with Gasteiger partial charge in [0.15, 0.2) is 0 Å². The van der Waals surface area contributed by atoms with Crippen molar-refractivity contribution in [1.29, 1.82) is 0 Å². The Morgan fingerprint density at radius 2 is 0.944 bits per heavy atom. The third-order valence-electron chi connectivity index (χ3n) is 4.56. The minimum absolute atomic E-state index is 0.324. The first-order valence-corrected chi connectivity index (χ1v) is 7.60. The summed E-state index contributed by atoms with van der Waals surface area (Å²) < 4.78 is 0. The molecule has 2 heteroatoms. The third-order valence-corrected chi connectivity index (χ3v) is 4.56. The Bertz CT molecular complexity index is 197. The maximum atomic E-state index is 2.51. The zero-order valence-corrected chi connectivity index (χ0v) is 14.1. The minimum Gasteiger partial charge on any atom is -0.300 e. The second-order valence-electron chi connectivity index (χ2n) is 6.97. The van der Waals surface area contributed by atoms with Gasteiger partial charge in [-0.15, -0.1) is 0 Å². The van der Waals surface area contributed by atoms with Gasteiger partial charge in [0.25, 0.3) is 0 Å². The highest BCUT2D eigenvalue weighted by Crippen LogP contribution is 2.21. The average Bonchev–Trinajstić information content (AvgIpc) is 2.24. The molecular weight excluding hydrogens is 220 g/mol. The van der Waals surface area contributed by atoms with E-state index in [4.69, 9.17) is 0 Å². The maximum absolute atomic E-state index is 2.51. The Hall–Kier alpha value is -0.0800. The molecule has 110 valence electrons. The van der Waals surface area contributed by atoms with E-state index in [9.17, 15) is 0 Å². The molecule has 0 aliphatic carbocycles. The summed E-state index contributed by atoms with van der Waals surface area (Å²) in [5, 5.41) is 0. The molecule has 0 aromatic heterocycles. The zero-order valence-electron chi connectivity index (χ0n) is 14.1. The largest absolute Gasteiger partial charge is 0.300 e. The Morgan fingerprint density at radius 3 is 1.17 bits per heavy atom. The van der Waals surface area contributed by atoms with Gasteiger partial charge in [0.05, 0.1) is 0 Å². The van der Waals surface area contributed by atoms with Crippen molar-refractivity contribution in [3.8, 4) is 0 Å². The molecule has 0 saturated carbocycles. The molecule has 0 heterocycles. The topological polar surface area (TPSA) is 6.48 Å². The van der Waals surface area contributed by atoms with E-state index in [2.05, 4.69) is 65.4 Å².